The molecule has 0 bridgehead atoms. The van der Waals surface area contributed by atoms with E-state index >= 15 is 0 Å². The number of nitrogens with one attached hydrogen (secondary N) is 1. The van der Waals surface area contributed by atoms with Crippen LogP contribution in [0.3, 0.4) is 0 Å². The van der Waals surface area contributed by atoms with Crippen molar-refractivity contribution in [3.05, 3.63) is 144 Å². The third kappa shape index (κ3) is 10.2. The van der Waals surface area contributed by atoms with E-state index in [1.807, 2.05) is 54.6 Å². The van der Waals surface area contributed by atoms with Crippen molar-refractivity contribution in [2.24, 2.45) is 11.3 Å². The Hall–Kier alpha value is -5.47. The SMILES string of the molecule is CC(C)C(=O)Nc1nc(OCc2ccc(OC(=O)C(C)(C)C)cc2)c2ncn(C3CN(C(c4ccccc4)(c4ccccc4)c4ccccc4)C[C@@H](COP(=O)(Cl)N(C)C)O3)c2n1. The van der Waals surface area contributed by atoms with E-state index < -0.39 is 30.2 Å². The number of halogens is 1. The highest BCUT2D eigenvalue weighted by atomic mass is 35.7. The molecule has 14 nitrogen and oxygen atoms in total. The van der Waals surface area contributed by atoms with E-state index in [0.29, 0.717) is 30.0 Å². The number of benzene rings is 4. The fourth-order valence-electron chi connectivity index (χ4n) is 7.29. The van der Waals surface area contributed by atoms with Crippen LogP contribution >= 0.6 is 18.1 Å². The molecule has 16 heteroatoms. The van der Waals surface area contributed by atoms with Gasteiger partial charge in [-0.25, -0.2) is 9.65 Å². The molecule has 0 spiro atoms. The Morgan fingerprint density at radius 3 is 1.97 bits per heavy atom. The fourth-order valence-corrected chi connectivity index (χ4v) is 8.04. The lowest BCUT2D eigenvalue weighted by atomic mass is 9.75. The molecule has 330 valence electrons. The molecule has 2 unspecified atom stereocenters. The van der Waals surface area contributed by atoms with Gasteiger partial charge in [0.1, 0.15) is 18.6 Å². The van der Waals surface area contributed by atoms with E-state index in [2.05, 4.69) is 51.6 Å². The van der Waals surface area contributed by atoms with Gasteiger partial charge in [0.05, 0.1) is 30.0 Å². The minimum Gasteiger partial charge on any atom is -0.471 e. The number of aromatic nitrogens is 4. The second kappa shape index (κ2) is 19.1. The normalized spacial score (nSPS) is 17.1. The molecule has 7 rings (SSSR count). The Morgan fingerprint density at radius 1 is 0.873 bits per heavy atom. The molecule has 6 aromatic rings. The van der Waals surface area contributed by atoms with Crippen LogP contribution in [0.5, 0.6) is 11.6 Å². The number of carbonyl (C=O) groups excluding carboxylic acids is 2. The van der Waals surface area contributed by atoms with Gasteiger partial charge in [0, 0.05) is 19.0 Å². The summed E-state index contributed by atoms with van der Waals surface area (Å²) >= 11 is 6.42. The highest BCUT2D eigenvalue weighted by Gasteiger charge is 2.47. The van der Waals surface area contributed by atoms with Crippen molar-refractivity contribution in [1.29, 1.82) is 0 Å². The molecule has 63 heavy (non-hydrogen) atoms. The molecular formula is C47H53ClN7O7P. The zero-order chi connectivity index (χ0) is 44.9. The number of carbonyl (C=O) groups is 2. The Balaban J connectivity index is 1.32. The molecule has 1 aliphatic rings. The summed E-state index contributed by atoms with van der Waals surface area (Å²) in [6.07, 6.45) is 0.195. The lowest BCUT2D eigenvalue weighted by Crippen LogP contribution is -2.57. The highest BCUT2D eigenvalue weighted by Crippen LogP contribution is 2.54. The summed E-state index contributed by atoms with van der Waals surface area (Å²) in [5.41, 5.74) is 3.00. The van der Waals surface area contributed by atoms with Gasteiger partial charge in [-0.1, -0.05) is 117 Å². The smallest absolute Gasteiger partial charge is 0.362 e. The number of fused-ring (bicyclic) bond motifs is 1. The van der Waals surface area contributed by atoms with Crippen molar-refractivity contribution in [3.8, 4) is 11.6 Å². The van der Waals surface area contributed by atoms with Gasteiger partial charge >= 0.3 is 12.8 Å². The van der Waals surface area contributed by atoms with Crippen molar-refractivity contribution in [1.82, 2.24) is 29.1 Å². The summed E-state index contributed by atoms with van der Waals surface area (Å²) < 4.78 is 41.2. The van der Waals surface area contributed by atoms with Crippen molar-refractivity contribution in [2.45, 2.75) is 59.1 Å². The summed E-state index contributed by atoms with van der Waals surface area (Å²) in [4.78, 5) is 42.1. The molecule has 0 aliphatic carbocycles. The number of ether oxygens (including phenoxy) is 3. The summed E-state index contributed by atoms with van der Waals surface area (Å²) in [6, 6.07) is 37.9. The van der Waals surface area contributed by atoms with Gasteiger partial charge < -0.3 is 18.7 Å². The summed E-state index contributed by atoms with van der Waals surface area (Å²) in [5.74, 6) is -0.413. The summed E-state index contributed by atoms with van der Waals surface area (Å²) in [6.45, 7) is 5.89. The molecule has 0 saturated carbocycles. The van der Waals surface area contributed by atoms with Gasteiger partial charge in [-0.2, -0.15) is 9.97 Å². The zero-order valence-corrected chi connectivity index (χ0v) is 38.1. The number of amides is 1. The monoisotopic (exact) mass is 893 g/mol. The maximum atomic E-state index is 13.4. The average molecular weight is 894 g/mol. The Bertz CT molecular complexity index is 2460. The van der Waals surface area contributed by atoms with Crippen LogP contribution < -0.4 is 14.8 Å². The molecule has 3 atom stereocenters. The largest absolute Gasteiger partial charge is 0.471 e. The maximum absolute atomic E-state index is 13.4. The summed E-state index contributed by atoms with van der Waals surface area (Å²) in [7, 11) is 3.20. The molecule has 1 saturated heterocycles. The van der Waals surface area contributed by atoms with Crippen LogP contribution in [0.2, 0.25) is 0 Å². The topological polar surface area (TPSA) is 150 Å². The van der Waals surface area contributed by atoms with Gasteiger partial charge in [-0.3, -0.25) is 28.9 Å². The van der Waals surface area contributed by atoms with Crippen LogP contribution in [0, 0.1) is 11.3 Å². The number of hydrogen-bond donors (Lipinski definition) is 1. The Kier molecular flexibility index (Phi) is 13.8. The maximum Gasteiger partial charge on any atom is 0.362 e. The number of anilines is 1. The average Bonchev–Trinajstić information content (AvgIpc) is 3.70. The number of imidazole rings is 1. The predicted octanol–water partition coefficient (Wildman–Crippen LogP) is 9.07. The first kappa shape index (κ1) is 45.6. The molecule has 1 N–H and O–H groups in total. The number of hydrogen-bond acceptors (Lipinski definition) is 11. The lowest BCUT2D eigenvalue weighted by molar-refractivity contribution is -0.145. The van der Waals surface area contributed by atoms with Crippen LogP contribution in [0.25, 0.3) is 11.2 Å². The molecule has 1 aliphatic heterocycles. The van der Waals surface area contributed by atoms with E-state index in [0.717, 1.165) is 22.3 Å². The van der Waals surface area contributed by atoms with Crippen molar-refractivity contribution < 1.29 is 32.9 Å². The van der Waals surface area contributed by atoms with Gasteiger partial charge in [0.15, 0.2) is 11.2 Å². The summed E-state index contributed by atoms with van der Waals surface area (Å²) in [5, 5.41) is 2.83. The zero-order valence-electron chi connectivity index (χ0n) is 36.5. The second-order valence-corrected chi connectivity index (χ2v) is 20.2. The van der Waals surface area contributed by atoms with Gasteiger partial charge in [-0.05, 0) is 80.5 Å². The predicted molar refractivity (Wildman–Crippen MR) is 242 cm³/mol. The molecule has 1 fully saturated rings. The third-order valence-corrected chi connectivity index (χ3v) is 13.3. The first-order chi connectivity index (χ1) is 30.1. The van der Waals surface area contributed by atoms with E-state index in [4.69, 9.17) is 39.9 Å². The fraction of sp³-hybridized carbons (Fsp3) is 0.340. The van der Waals surface area contributed by atoms with Crippen LogP contribution in [-0.2, 0) is 35.6 Å². The van der Waals surface area contributed by atoms with E-state index in [1.165, 1.54) is 4.67 Å². The first-order valence-electron chi connectivity index (χ1n) is 20.7. The van der Waals surface area contributed by atoms with E-state index in [-0.39, 0.29) is 42.8 Å². The highest BCUT2D eigenvalue weighted by molar-refractivity contribution is 7.83. The standard InChI is InChI=1S/C47H53ClN7O7P/c1-32(2)42(56)51-45-50-41-40(43(52-45)59-29-33-23-25-37(26-24-33)62-44(57)46(3,4)5)49-31-55(41)39-28-54(27-38(61-39)30-60-63(48,58)53(6)7)47(34-17-11-8-12-18-34,35-19-13-9-14-20-35)36-21-15-10-16-22-36/h8-26,31-32,38-39H,27-30H2,1-7H3,(H,50,51,52,56)/t38-,39?,63?/m0/s1. The van der Waals surface area contributed by atoms with Gasteiger partial charge in [-0.15, -0.1) is 0 Å². The van der Waals surface area contributed by atoms with Crippen LogP contribution in [-0.4, -0.2) is 80.9 Å². The number of rotatable bonds is 15. The minimum absolute atomic E-state index is 0.0243. The van der Waals surface area contributed by atoms with Crippen LogP contribution in [0.4, 0.5) is 5.95 Å². The molecule has 4 aromatic carbocycles. The lowest BCUT2D eigenvalue weighted by Gasteiger charge is -2.50. The van der Waals surface area contributed by atoms with E-state index in [1.54, 1.807) is 83.9 Å². The van der Waals surface area contributed by atoms with Crippen molar-refractivity contribution in [2.75, 3.05) is 39.1 Å². The number of esters is 1. The van der Waals surface area contributed by atoms with Crippen molar-refractivity contribution >= 4 is 47.1 Å². The molecular weight excluding hydrogens is 841 g/mol. The van der Waals surface area contributed by atoms with Crippen molar-refractivity contribution in [3.63, 3.8) is 0 Å². The number of morpholine rings is 1. The van der Waals surface area contributed by atoms with Gasteiger partial charge in [0.25, 0.3) is 0 Å². The van der Waals surface area contributed by atoms with E-state index in [9.17, 15) is 14.2 Å². The first-order valence-corrected chi connectivity index (χ1v) is 23.2. The quantitative estimate of drug-likeness (QED) is 0.0454. The van der Waals surface area contributed by atoms with Crippen LogP contribution in [0.1, 0.15) is 63.1 Å². The Labute approximate surface area is 372 Å². The second-order valence-electron chi connectivity index (χ2n) is 16.9. The van der Waals surface area contributed by atoms with Crippen LogP contribution in [0.15, 0.2) is 122 Å². The molecule has 2 aromatic heterocycles. The molecule has 1 amide bonds. The molecule has 3 heterocycles. The molecule has 0 radical (unpaired) electrons. The Morgan fingerprint density at radius 2 is 1.44 bits per heavy atom. The van der Waals surface area contributed by atoms with Gasteiger partial charge in [0.2, 0.25) is 17.7 Å². The minimum atomic E-state index is -3.68. The number of nitrogens with zero attached hydrogens (tertiary/aromatic N) is 6. The third-order valence-electron chi connectivity index (χ3n) is 10.7.